The third-order valence-electron chi connectivity index (χ3n) is 4.07. The molecule has 2 rings (SSSR count). The van der Waals surface area contributed by atoms with Crippen LogP contribution in [0.1, 0.15) is 44.7 Å². The third kappa shape index (κ3) is 9.80. The van der Waals surface area contributed by atoms with E-state index in [0.717, 1.165) is 11.1 Å². The Hall–Kier alpha value is -3.35. The summed E-state index contributed by atoms with van der Waals surface area (Å²) in [4.78, 5) is 36.8. The average molecular weight is 427 g/mol. The van der Waals surface area contributed by atoms with Crippen molar-refractivity contribution in [3.05, 3.63) is 71.8 Å². The van der Waals surface area contributed by atoms with Crippen molar-refractivity contribution in [2.45, 2.75) is 58.5 Å². The van der Waals surface area contributed by atoms with Gasteiger partial charge in [-0.3, -0.25) is 4.79 Å². The van der Waals surface area contributed by atoms with Gasteiger partial charge in [-0.2, -0.15) is 0 Å². The van der Waals surface area contributed by atoms with E-state index in [1.807, 2.05) is 60.7 Å². The molecule has 0 fully saturated rings. The van der Waals surface area contributed by atoms with Gasteiger partial charge in [0.1, 0.15) is 24.9 Å². The van der Waals surface area contributed by atoms with Gasteiger partial charge in [-0.1, -0.05) is 60.7 Å². The van der Waals surface area contributed by atoms with Gasteiger partial charge >= 0.3 is 18.0 Å². The molecule has 0 heterocycles. The second-order valence-electron chi connectivity index (χ2n) is 7.98. The number of ether oxygens (including phenoxy) is 3. The van der Waals surface area contributed by atoms with Crippen molar-refractivity contribution < 1.29 is 28.6 Å². The quantitative estimate of drug-likeness (QED) is 0.478. The topological polar surface area (TPSA) is 90.9 Å². The molecule has 0 bridgehead atoms. The van der Waals surface area contributed by atoms with E-state index < -0.39 is 29.7 Å². The SMILES string of the molecule is CC(C)(C)OC(=O)CCC(NC(=O)OCc1ccccc1)C(=O)OCc1ccccc1. The zero-order valence-electron chi connectivity index (χ0n) is 18.1. The van der Waals surface area contributed by atoms with Crippen molar-refractivity contribution in [1.29, 1.82) is 0 Å². The highest BCUT2D eigenvalue weighted by Crippen LogP contribution is 2.12. The number of amides is 1. The number of carbonyl (C=O) groups excluding carboxylic acids is 3. The molecule has 2 aromatic carbocycles. The molecule has 0 aliphatic rings. The fraction of sp³-hybridized carbons (Fsp3) is 0.375. The number of hydrogen-bond donors (Lipinski definition) is 1. The molecule has 7 heteroatoms. The molecule has 0 saturated heterocycles. The molecule has 2 aromatic rings. The predicted molar refractivity (Wildman–Crippen MR) is 115 cm³/mol. The summed E-state index contributed by atoms with van der Waals surface area (Å²) < 4.78 is 15.8. The minimum atomic E-state index is -1.04. The van der Waals surface area contributed by atoms with Crippen LogP contribution < -0.4 is 5.32 Å². The van der Waals surface area contributed by atoms with E-state index in [1.54, 1.807) is 20.8 Å². The first-order chi connectivity index (χ1) is 14.7. The summed E-state index contributed by atoms with van der Waals surface area (Å²) in [7, 11) is 0. The Morgan fingerprint density at radius 1 is 0.839 bits per heavy atom. The molecule has 166 valence electrons. The number of hydrogen-bond acceptors (Lipinski definition) is 6. The summed E-state index contributed by atoms with van der Waals surface area (Å²) >= 11 is 0. The standard InChI is InChI=1S/C24H29NO6/c1-24(2,3)31-21(26)15-14-20(22(27)29-16-18-10-6-4-7-11-18)25-23(28)30-17-19-12-8-5-9-13-19/h4-13,20H,14-17H2,1-3H3,(H,25,28). The van der Waals surface area contributed by atoms with Crippen molar-refractivity contribution in [2.75, 3.05) is 0 Å². The Kier molecular flexibility index (Phi) is 9.06. The molecule has 1 N–H and O–H groups in total. The minimum absolute atomic E-state index is 0.0307. The molecule has 0 radical (unpaired) electrons. The highest BCUT2D eigenvalue weighted by atomic mass is 16.6. The van der Waals surface area contributed by atoms with Gasteiger partial charge in [0, 0.05) is 6.42 Å². The predicted octanol–water partition coefficient (Wildman–Crippen LogP) is 4.15. The van der Waals surface area contributed by atoms with Crippen LogP contribution in [0.25, 0.3) is 0 Å². The highest BCUT2D eigenvalue weighted by Gasteiger charge is 2.25. The molecule has 0 aromatic heterocycles. The van der Waals surface area contributed by atoms with Gasteiger partial charge in [0.15, 0.2) is 0 Å². The maximum absolute atomic E-state index is 12.6. The number of benzene rings is 2. The highest BCUT2D eigenvalue weighted by molar-refractivity contribution is 5.82. The van der Waals surface area contributed by atoms with Gasteiger partial charge in [-0.15, -0.1) is 0 Å². The number of alkyl carbamates (subject to hydrolysis) is 1. The molecule has 7 nitrogen and oxygen atoms in total. The summed E-state index contributed by atoms with van der Waals surface area (Å²) in [6, 6.07) is 17.3. The van der Waals surface area contributed by atoms with E-state index >= 15 is 0 Å². The van der Waals surface area contributed by atoms with Gasteiger partial charge < -0.3 is 19.5 Å². The second kappa shape index (κ2) is 11.7. The normalized spacial score (nSPS) is 11.8. The largest absolute Gasteiger partial charge is 0.460 e. The Morgan fingerprint density at radius 3 is 1.87 bits per heavy atom. The van der Waals surface area contributed by atoms with Gasteiger partial charge in [-0.05, 0) is 38.3 Å². The van der Waals surface area contributed by atoms with E-state index in [-0.39, 0.29) is 26.1 Å². The van der Waals surface area contributed by atoms with Gasteiger partial charge in [0.25, 0.3) is 0 Å². The zero-order chi connectivity index (χ0) is 22.7. The molecule has 0 aliphatic carbocycles. The first-order valence-corrected chi connectivity index (χ1v) is 10.1. The molecule has 1 amide bonds. The summed E-state index contributed by atoms with van der Waals surface area (Å²) in [6.45, 7) is 5.40. The van der Waals surface area contributed by atoms with E-state index in [1.165, 1.54) is 0 Å². The molecule has 0 spiro atoms. The van der Waals surface area contributed by atoms with E-state index in [0.29, 0.717) is 0 Å². The van der Waals surface area contributed by atoms with Crippen LogP contribution in [0, 0.1) is 0 Å². The number of nitrogens with one attached hydrogen (secondary N) is 1. The zero-order valence-corrected chi connectivity index (χ0v) is 18.1. The third-order valence-corrected chi connectivity index (χ3v) is 4.07. The lowest BCUT2D eigenvalue weighted by atomic mass is 10.1. The summed E-state index contributed by atoms with van der Waals surface area (Å²) in [6.07, 6.45) is -0.792. The van der Waals surface area contributed by atoms with Crippen LogP contribution in [0.5, 0.6) is 0 Å². The van der Waals surface area contributed by atoms with E-state index in [2.05, 4.69) is 5.32 Å². The number of esters is 2. The molecule has 0 aliphatic heterocycles. The maximum Gasteiger partial charge on any atom is 0.408 e. The lowest BCUT2D eigenvalue weighted by Gasteiger charge is -2.21. The van der Waals surface area contributed by atoms with Crippen LogP contribution in [0.3, 0.4) is 0 Å². The van der Waals surface area contributed by atoms with Crippen LogP contribution >= 0.6 is 0 Å². The molecule has 0 saturated carbocycles. The van der Waals surface area contributed by atoms with Crippen LogP contribution in [0.4, 0.5) is 4.79 Å². The number of rotatable bonds is 9. The van der Waals surface area contributed by atoms with Crippen LogP contribution in [0.2, 0.25) is 0 Å². The summed E-state index contributed by atoms with van der Waals surface area (Å²) in [5.74, 6) is -1.11. The van der Waals surface area contributed by atoms with Gasteiger partial charge in [0.2, 0.25) is 0 Å². The Morgan fingerprint density at radius 2 is 1.35 bits per heavy atom. The monoisotopic (exact) mass is 427 g/mol. The Bertz CT molecular complexity index is 845. The van der Waals surface area contributed by atoms with Crippen LogP contribution in [0.15, 0.2) is 60.7 Å². The van der Waals surface area contributed by atoms with Crippen molar-refractivity contribution in [3.8, 4) is 0 Å². The summed E-state index contributed by atoms with van der Waals surface area (Å²) in [5.41, 5.74) is 0.991. The van der Waals surface area contributed by atoms with Gasteiger partial charge in [-0.25, -0.2) is 9.59 Å². The van der Waals surface area contributed by atoms with Crippen molar-refractivity contribution in [3.63, 3.8) is 0 Å². The molecule has 31 heavy (non-hydrogen) atoms. The van der Waals surface area contributed by atoms with Crippen molar-refractivity contribution in [1.82, 2.24) is 5.32 Å². The first kappa shape index (κ1) is 23.9. The van der Waals surface area contributed by atoms with Crippen LogP contribution in [-0.4, -0.2) is 29.7 Å². The maximum atomic E-state index is 12.6. The average Bonchev–Trinajstić information content (AvgIpc) is 2.73. The minimum Gasteiger partial charge on any atom is -0.460 e. The molecular formula is C24H29NO6. The van der Waals surface area contributed by atoms with Crippen molar-refractivity contribution in [2.24, 2.45) is 0 Å². The van der Waals surface area contributed by atoms with E-state index in [9.17, 15) is 14.4 Å². The fourth-order valence-electron chi connectivity index (χ4n) is 2.64. The van der Waals surface area contributed by atoms with Crippen molar-refractivity contribution >= 4 is 18.0 Å². The Labute approximate surface area is 182 Å². The summed E-state index contributed by atoms with van der Waals surface area (Å²) in [5, 5.41) is 2.50. The van der Waals surface area contributed by atoms with Gasteiger partial charge in [0.05, 0.1) is 0 Å². The molecular weight excluding hydrogens is 398 g/mol. The smallest absolute Gasteiger partial charge is 0.408 e. The lowest BCUT2D eigenvalue weighted by molar-refractivity contribution is -0.155. The second-order valence-corrected chi connectivity index (χ2v) is 7.98. The molecule has 1 unspecified atom stereocenters. The van der Waals surface area contributed by atoms with E-state index in [4.69, 9.17) is 14.2 Å². The fourth-order valence-corrected chi connectivity index (χ4v) is 2.64. The first-order valence-electron chi connectivity index (χ1n) is 10.1. The van der Waals surface area contributed by atoms with Crippen LogP contribution in [-0.2, 0) is 37.0 Å². The number of carbonyl (C=O) groups is 3. The lowest BCUT2D eigenvalue weighted by Crippen LogP contribution is -2.42. The Balaban J connectivity index is 1.93. The molecule has 1 atom stereocenters.